The van der Waals surface area contributed by atoms with Gasteiger partial charge in [-0.05, 0) is 27.4 Å². The van der Waals surface area contributed by atoms with Gasteiger partial charge in [0.2, 0.25) is 10.0 Å². The number of halogens is 1. The second-order valence-electron chi connectivity index (χ2n) is 5.02. The molecule has 17 heavy (non-hydrogen) atoms. The van der Waals surface area contributed by atoms with Crippen molar-refractivity contribution in [3.8, 4) is 0 Å². The number of hydrogen-bond donors (Lipinski definition) is 2. The smallest absolute Gasteiger partial charge is 0.234 e. The number of hydrogen-bond acceptors (Lipinski definition) is 4. The number of nitrogens with two attached hydrogens (primary N) is 1. The second kappa shape index (κ2) is 4.81. The van der Waals surface area contributed by atoms with Crippen LogP contribution >= 0.6 is 15.9 Å². The standard InChI is InChI=1S/C10H16BrN3O2S/c1-10(2,3)6-17(15,16)14-9-8(11)4-7(12)5-13-9/h4-5H,6,12H2,1-3H3,(H,13,14). The molecule has 0 bridgehead atoms. The maximum Gasteiger partial charge on any atom is 0.234 e. The van der Waals surface area contributed by atoms with E-state index >= 15 is 0 Å². The van der Waals surface area contributed by atoms with Crippen molar-refractivity contribution >= 4 is 37.5 Å². The molecule has 0 aliphatic rings. The lowest BCUT2D eigenvalue weighted by molar-refractivity contribution is 0.463. The molecular formula is C10H16BrN3O2S. The molecule has 1 heterocycles. The molecule has 0 fully saturated rings. The minimum Gasteiger partial charge on any atom is -0.397 e. The predicted molar refractivity (Wildman–Crippen MR) is 73.2 cm³/mol. The van der Waals surface area contributed by atoms with Crippen molar-refractivity contribution in [3.63, 3.8) is 0 Å². The minimum absolute atomic E-state index is 0.0263. The molecular weight excluding hydrogens is 306 g/mol. The predicted octanol–water partition coefficient (Wildman–Crippen LogP) is 2.21. The van der Waals surface area contributed by atoms with Crippen molar-refractivity contribution in [2.75, 3.05) is 16.2 Å². The molecule has 0 radical (unpaired) electrons. The van der Waals surface area contributed by atoms with E-state index in [2.05, 4.69) is 25.6 Å². The van der Waals surface area contributed by atoms with Gasteiger partial charge >= 0.3 is 0 Å². The van der Waals surface area contributed by atoms with Crippen molar-refractivity contribution < 1.29 is 8.42 Å². The van der Waals surface area contributed by atoms with E-state index in [0.29, 0.717) is 10.2 Å². The Labute approximate surface area is 110 Å². The largest absolute Gasteiger partial charge is 0.397 e. The Morgan fingerprint density at radius 3 is 2.53 bits per heavy atom. The van der Waals surface area contributed by atoms with Crippen LogP contribution in [-0.4, -0.2) is 19.2 Å². The summed E-state index contributed by atoms with van der Waals surface area (Å²) in [6, 6.07) is 1.60. The van der Waals surface area contributed by atoms with Crippen molar-refractivity contribution in [1.29, 1.82) is 0 Å². The van der Waals surface area contributed by atoms with E-state index in [9.17, 15) is 8.42 Å². The zero-order chi connectivity index (χ0) is 13.3. The zero-order valence-corrected chi connectivity index (χ0v) is 12.4. The van der Waals surface area contributed by atoms with Gasteiger partial charge in [0, 0.05) is 0 Å². The fraction of sp³-hybridized carbons (Fsp3) is 0.500. The lowest BCUT2D eigenvalue weighted by atomic mass is 10.0. The Kier molecular flexibility index (Phi) is 4.03. The SMILES string of the molecule is CC(C)(C)CS(=O)(=O)Nc1ncc(N)cc1Br. The third kappa shape index (κ3) is 4.91. The maximum atomic E-state index is 11.8. The van der Waals surface area contributed by atoms with Crippen LogP contribution in [-0.2, 0) is 10.0 Å². The molecule has 0 saturated carbocycles. The summed E-state index contributed by atoms with van der Waals surface area (Å²) in [6.07, 6.45) is 1.40. The van der Waals surface area contributed by atoms with E-state index in [1.54, 1.807) is 6.07 Å². The van der Waals surface area contributed by atoms with E-state index in [0.717, 1.165) is 0 Å². The highest BCUT2D eigenvalue weighted by atomic mass is 79.9. The summed E-state index contributed by atoms with van der Waals surface area (Å²) in [5, 5.41) is 0. The lowest BCUT2D eigenvalue weighted by Gasteiger charge is -2.18. The van der Waals surface area contributed by atoms with Crippen molar-refractivity contribution in [2.45, 2.75) is 20.8 Å². The molecule has 1 aromatic rings. The summed E-state index contributed by atoms with van der Waals surface area (Å²) in [4.78, 5) is 3.93. The second-order valence-corrected chi connectivity index (χ2v) is 7.60. The van der Waals surface area contributed by atoms with Crippen LogP contribution < -0.4 is 10.5 Å². The zero-order valence-electron chi connectivity index (χ0n) is 9.99. The van der Waals surface area contributed by atoms with Gasteiger partial charge in [-0.25, -0.2) is 13.4 Å². The third-order valence-electron chi connectivity index (χ3n) is 1.74. The fourth-order valence-electron chi connectivity index (χ4n) is 1.28. The summed E-state index contributed by atoms with van der Waals surface area (Å²) in [7, 11) is -3.41. The first-order valence-corrected chi connectivity index (χ1v) is 7.45. The van der Waals surface area contributed by atoms with Crippen LogP contribution in [0, 0.1) is 5.41 Å². The molecule has 0 aliphatic carbocycles. The molecule has 0 atom stereocenters. The van der Waals surface area contributed by atoms with E-state index in [1.165, 1.54) is 6.20 Å². The number of pyridine rings is 1. The average Bonchev–Trinajstić information content (AvgIpc) is 2.05. The Morgan fingerprint density at radius 2 is 2.06 bits per heavy atom. The molecule has 96 valence electrons. The Hall–Kier alpha value is -0.820. The quantitative estimate of drug-likeness (QED) is 0.893. The Bertz CT molecular complexity index is 509. The average molecular weight is 322 g/mol. The molecule has 1 rings (SSSR count). The van der Waals surface area contributed by atoms with Gasteiger partial charge in [-0.1, -0.05) is 20.8 Å². The van der Waals surface area contributed by atoms with Crippen LogP contribution in [0.15, 0.2) is 16.7 Å². The highest BCUT2D eigenvalue weighted by molar-refractivity contribution is 9.10. The van der Waals surface area contributed by atoms with Crippen molar-refractivity contribution in [3.05, 3.63) is 16.7 Å². The molecule has 0 aromatic carbocycles. The van der Waals surface area contributed by atoms with Gasteiger partial charge < -0.3 is 5.73 Å². The first kappa shape index (κ1) is 14.2. The summed E-state index contributed by atoms with van der Waals surface area (Å²) >= 11 is 3.21. The molecule has 0 spiro atoms. The van der Waals surface area contributed by atoms with Gasteiger partial charge in [0.05, 0.1) is 22.1 Å². The van der Waals surface area contributed by atoms with Gasteiger partial charge in [0.1, 0.15) is 0 Å². The number of nitrogens with zero attached hydrogens (tertiary/aromatic N) is 1. The van der Waals surface area contributed by atoms with Crippen LogP contribution in [0.2, 0.25) is 0 Å². The number of sulfonamides is 1. The van der Waals surface area contributed by atoms with E-state index in [1.807, 2.05) is 20.8 Å². The first-order chi connectivity index (χ1) is 7.59. The normalized spacial score (nSPS) is 12.5. The number of aromatic nitrogens is 1. The molecule has 7 heteroatoms. The van der Waals surface area contributed by atoms with E-state index in [-0.39, 0.29) is 17.0 Å². The molecule has 0 amide bonds. The highest BCUT2D eigenvalue weighted by Crippen LogP contribution is 2.24. The van der Waals surface area contributed by atoms with Crippen LogP contribution in [0.4, 0.5) is 11.5 Å². The number of anilines is 2. The minimum atomic E-state index is -3.41. The van der Waals surface area contributed by atoms with Crippen molar-refractivity contribution in [2.24, 2.45) is 5.41 Å². The lowest BCUT2D eigenvalue weighted by Crippen LogP contribution is -2.26. The molecule has 0 aliphatic heterocycles. The number of rotatable bonds is 3. The number of nitrogen functional groups attached to an aromatic ring is 1. The van der Waals surface area contributed by atoms with Crippen LogP contribution in [0.25, 0.3) is 0 Å². The van der Waals surface area contributed by atoms with Gasteiger partial charge in [0.25, 0.3) is 0 Å². The summed E-state index contributed by atoms with van der Waals surface area (Å²) in [5.74, 6) is 0.279. The molecule has 0 unspecified atom stereocenters. The monoisotopic (exact) mass is 321 g/mol. The highest BCUT2D eigenvalue weighted by Gasteiger charge is 2.22. The van der Waals surface area contributed by atoms with Gasteiger partial charge in [-0.3, -0.25) is 4.72 Å². The van der Waals surface area contributed by atoms with Crippen LogP contribution in [0.1, 0.15) is 20.8 Å². The molecule has 5 nitrogen and oxygen atoms in total. The van der Waals surface area contributed by atoms with Crippen molar-refractivity contribution in [1.82, 2.24) is 4.98 Å². The first-order valence-electron chi connectivity index (χ1n) is 5.01. The third-order valence-corrected chi connectivity index (χ3v) is 4.09. The van der Waals surface area contributed by atoms with E-state index < -0.39 is 10.0 Å². The summed E-state index contributed by atoms with van der Waals surface area (Å²) in [5.41, 5.74) is 5.68. The van der Waals surface area contributed by atoms with Crippen LogP contribution in [0.3, 0.4) is 0 Å². The summed E-state index contributed by atoms with van der Waals surface area (Å²) < 4.78 is 26.7. The molecule has 0 saturated heterocycles. The fourth-order valence-corrected chi connectivity index (χ4v) is 3.55. The Morgan fingerprint density at radius 1 is 1.47 bits per heavy atom. The maximum absolute atomic E-state index is 11.8. The van der Waals surface area contributed by atoms with Crippen LogP contribution in [0.5, 0.6) is 0 Å². The Balaban J connectivity index is 2.91. The van der Waals surface area contributed by atoms with E-state index in [4.69, 9.17) is 5.73 Å². The number of nitrogens with one attached hydrogen (secondary N) is 1. The topological polar surface area (TPSA) is 85.1 Å². The summed E-state index contributed by atoms with van der Waals surface area (Å²) in [6.45, 7) is 5.58. The molecule has 1 aromatic heterocycles. The van der Waals surface area contributed by atoms with Gasteiger partial charge in [-0.2, -0.15) is 0 Å². The van der Waals surface area contributed by atoms with Gasteiger partial charge in [-0.15, -0.1) is 0 Å². The molecule has 3 N–H and O–H groups in total. The van der Waals surface area contributed by atoms with Gasteiger partial charge in [0.15, 0.2) is 5.82 Å².